The number of phosphoric acid groups is 1. The van der Waals surface area contributed by atoms with Gasteiger partial charge in [0, 0.05) is 6.42 Å². The average molecular weight is 1040 g/mol. The second-order valence-corrected chi connectivity index (χ2v) is 24.2. The maximum absolute atomic E-state index is 13.0. The number of carbonyl (C=O) groups excluding carboxylic acids is 1. The van der Waals surface area contributed by atoms with Crippen LogP contribution in [-0.4, -0.2) is 73.4 Å². The van der Waals surface area contributed by atoms with E-state index in [1.807, 2.05) is 27.2 Å². The Labute approximate surface area is 448 Å². The van der Waals surface area contributed by atoms with Crippen molar-refractivity contribution < 1.29 is 32.9 Å². The predicted molar refractivity (Wildman–Crippen MR) is 314 cm³/mol. The van der Waals surface area contributed by atoms with E-state index in [2.05, 4.69) is 43.5 Å². The van der Waals surface area contributed by atoms with E-state index in [9.17, 15) is 19.4 Å². The molecule has 0 spiro atoms. The monoisotopic (exact) mass is 1040 g/mol. The Bertz CT molecular complexity index is 1270. The lowest BCUT2D eigenvalue weighted by Gasteiger charge is -2.25. The van der Waals surface area contributed by atoms with Crippen LogP contribution in [0.15, 0.2) is 36.5 Å². The molecule has 0 fully saturated rings. The van der Waals surface area contributed by atoms with Gasteiger partial charge in [-0.05, 0) is 57.8 Å². The predicted octanol–water partition coefficient (Wildman–Crippen LogP) is 19.3. The zero-order chi connectivity index (χ0) is 52.7. The zero-order valence-corrected chi connectivity index (χ0v) is 49.6. The molecular formula is C63H124N2O6P+. The van der Waals surface area contributed by atoms with E-state index >= 15 is 0 Å². The number of rotatable bonds is 58. The van der Waals surface area contributed by atoms with E-state index < -0.39 is 20.0 Å². The van der Waals surface area contributed by atoms with Gasteiger partial charge in [-0.3, -0.25) is 13.8 Å². The van der Waals surface area contributed by atoms with Gasteiger partial charge >= 0.3 is 7.82 Å². The Hall–Kier alpha value is -1.28. The Morgan fingerprint density at radius 1 is 0.458 bits per heavy atom. The van der Waals surface area contributed by atoms with E-state index in [0.717, 1.165) is 38.5 Å². The molecule has 3 N–H and O–H groups in total. The molecule has 0 aromatic heterocycles. The van der Waals surface area contributed by atoms with E-state index in [4.69, 9.17) is 9.05 Å². The third-order valence-electron chi connectivity index (χ3n) is 14.3. The van der Waals surface area contributed by atoms with Crippen LogP contribution in [0.2, 0.25) is 0 Å². The van der Waals surface area contributed by atoms with Gasteiger partial charge in [-0.1, -0.05) is 281 Å². The standard InChI is InChI=1S/C63H123N2O6P/c1-6-8-10-12-14-16-18-20-22-24-26-28-30-32-34-36-38-40-42-44-46-48-50-52-54-56-62(66)61(60-71-72(68,69)70-59-58-65(3,4)5)64-63(67)57-55-53-51-49-47-45-43-41-39-37-35-33-31-29-27-25-23-21-19-17-15-13-11-9-7-2/h25,27,46,48,54,56,61-62,66H,6-24,26,28-45,47,49-53,55,57-60H2,1-5H3,(H-,64,67,68,69)/p+1/b27-25-,48-46+,56-54+. The van der Waals surface area contributed by atoms with Crippen LogP contribution in [0.3, 0.4) is 0 Å². The van der Waals surface area contributed by atoms with Crippen molar-refractivity contribution in [3.05, 3.63) is 36.5 Å². The Morgan fingerprint density at radius 2 is 0.764 bits per heavy atom. The van der Waals surface area contributed by atoms with Gasteiger partial charge in [0.05, 0.1) is 39.9 Å². The summed E-state index contributed by atoms with van der Waals surface area (Å²) in [6.07, 6.45) is 71.2. The number of hydrogen-bond acceptors (Lipinski definition) is 5. The molecule has 1 amide bonds. The number of unbranched alkanes of at least 4 members (excludes halogenated alkanes) is 41. The topological polar surface area (TPSA) is 105 Å². The summed E-state index contributed by atoms with van der Waals surface area (Å²) in [5.74, 6) is -0.182. The molecular weight excluding hydrogens is 912 g/mol. The summed E-state index contributed by atoms with van der Waals surface area (Å²) >= 11 is 0. The fourth-order valence-corrected chi connectivity index (χ4v) is 10.1. The lowest BCUT2D eigenvalue weighted by Crippen LogP contribution is -2.45. The molecule has 0 heterocycles. The largest absolute Gasteiger partial charge is 0.472 e. The highest BCUT2D eigenvalue weighted by Crippen LogP contribution is 2.43. The third kappa shape index (κ3) is 56.4. The maximum atomic E-state index is 13.0. The molecule has 426 valence electrons. The molecule has 0 aliphatic rings. The van der Waals surface area contributed by atoms with E-state index in [1.54, 1.807) is 6.08 Å². The molecule has 3 unspecified atom stereocenters. The molecule has 0 saturated heterocycles. The number of hydrogen-bond donors (Lipinski definition) is 3. The highest BCUT2D eigenvalue weighted by molar-refractivity contribution is 7.47. The fourth-order valence-electron chi connectivity index (χ4n) is 9.41. The smallest absolute Gasteiger partial charge is 0.387 e. The summed E-state index contributed by atoms with van der Waals surface area (Å²) in [5, 5.41) is 14.0. The van der Waals surface area contributed by atoms with Gasteiger partial charge in [0.2, 0.25) is 5.91 Å². The van der Waals surface area contributed by atoms with Gasteiger partial charge in [0.25, 0.3) is 0 Å². The minimum atomic E-state index is -4.36. The molecule has 0 bridgehead atoms. The van der Waals surface area contributed by atoms with Gasteiger partial charge in [0.1, 0.15) is 13.2 Å². The number of carbonyl (C=O) groups is 1. The van der Waals surface area contributed by atoms with Gasteiger partial charge in [-0.25, -0.2) is 4.57 Å². The van der Waals surface area contributed by atoms with Crippen LogP contribution in [0.5, 0.6) is 0 Å². The van der Waals surface area contributed by atoms with E-state index in [-0.39, 0.29) is 19.1 Å². The van der Waals surface area contributed by atoms with Crippen molar-refractivity contribution in [2.45, 2.75) is 321 Å². The Morgan fingerprint density at radius 3 is 1.11 bits per heavy atom. The summed E-state index contributed by atoms with van der Waals surface area (Å²) < 4.78 is 23.7. The van der Waals surface area contributed by atoms with Crippen molar-refractivity contribution >= 4 is 13.7 Å². The minimum Gasteiger partial charge on any atom is -0.387 e. The second-order valence-electron chi connectivity index (χ2n) is 22.8. The zero-order valence-electron chi connectivity index (χ0n) is 48.7. The summed E-state index contributed by atoms with van der Waals surface area (Å²) in [4.78, 5) is 23.3. The van der Waals surface area contributed by atoms with Crippen LogP contribution in [0.4, 0.5) is 0 Å². The summed E-state index contributed by atoms with van der Waals surface area (Å²) in [5.41, 5.74) is 0. The van der Waals surface area contributed by atoms with Crippen molar-refractivity contribution in [2.75, 3.05) is 40.9 Å². The van der Waals surface area contributed by atoms with Crippen molar-refractivity contribution in [1.29, 1.82) is 0 Å². The number of nitrogens with one attached hydrogen (secondary N) is 1. The van der Waals surface area contributed by atoms with E-state index in [0.29, 0.717) is 17.4 Å². The number of likely N-dealkylation sites (N-methyl/N-ethyl adjacent to an activating group) is 1. The second kappa shape index (κ2) is 54.5. The van der Waals surface area contributed by atoms with Gasteiger partial charge in [-0.15, -0.1) is 0 Å². The molecule has 0 saturated carbocycles. The summed E-state index contributed by atoms with van der Waals surface area (Å²) in [7, 11) is 1.57. The van der Waals surface area contributed by atoms with Crippen molar-refractivity contribution in [2.24, 2.45) is 0 Å². The van der Waals surface area contributed by atoms with Crippen LogP contribution in [0.1, 0.15) is 309 Å². The Kier molecular flexibility index (Phi) is 53.5. The first-order chi connectivity index (χ1) is 35.0. The van der Waals surface area contributed by atoms with Crippen molar-refractivity contribution in [1.82, 2.24) is 5.32 Å². The van der Waals surface area contributed by atoms with Crippen LogP contribution in [0.25, 0.3) is 0 Å². The normalized spacial score (nSPS) is 14.0. The number of amides is 1. The number of phosphoric ester groups is 1. The van der Waals surface area contributed by atoms with Crippen LogP contribution < -0.4 is 5.32 Å². The molecule has 8 nitrogen and oxygen atoms in total. The van der Waals surface area contributed by atoms with Crippen LogP contribution in [-0.2, 0) is 18.4 Å². The molecule has 0 aliphatic carbocycles. The molecule has 0 rings (SSSR count). The molecule has 72 heavy (non-hydrogen) atoms. The Balaban J connectivity index is 4.18. The molecule has 3 atom stereocenters. The van der Waals surface area contributed by atoms with Crippen LogP contribution in [0, 0.1) is 0 Å². The first-order valence-electron chi connectivity index (χ1n) is 31.4. The van der Waals surface area contributed by atoms with Crippen molar-refractivity contribution in [3.63, 3.8) is 0 Å². The number of allylic oxidation sites excluding steroid dienone is 5. The number of quaternary nitrogens is 1. The molecule has 9 heteroatoms. The van der Waals surface area contributed by atoms with Crippen LogP contribution >= 0.6 is 7.82 Å². The quantitative estimate of drug-likeness (QED) is 0.0243. The van der Waals surface area contributed by atoms with Crippen molar-refractivity contribution in [3.8, 4) is 0 Å². The lowest BCUT2D eigenvalue weighted by molar-refractivity contribution is -0.870. The van der Waals surface area contributed by atoms with Gasteiger partial charge in [-0.2, -0.15) is 0 Å². The number of nitrogens with zero attached hydrogens (tertiary/aromatic N) is 1. The first-order valence-corrected chi connectivity index (χ1v) is 32.9. The average Bonchev–Trinajstić information content (AvgIpc) is 3.34. The molecule has 0 radical (unpaired) electrons. The summed E-state index contributed by atoms with van der Waals surface area (Å²) in [6.45, 7) is 4.84. The minimum absolute atomic E-state index is 0.0573. The highest BCUT2D eigenvalue weighted by Gasteiger charge is 2.27. The first kappa shape index (κ1) is 70.7. The maximum Gasteiger partial charge on any atom is 0.472 e. The van der Waals surface area contributed by atoms with Gasteiger partial charge < -0.3 is 19.8 Å². The summed E-state index contributed by atoms with van der Waals surface area (Å²) in [6, 6.07) is -0.863. The molecule has 0 aromatic carbocycles. The highest BCUT2D eigenvalue weighted by atomic mass is 31.2. The molecule has 0 aromatic rings. The number of aliphatic hydroxyl groups is 1. The lowest BCUT2D eigenvalue weighted by atomic mass is 10.0. The third-order valence-corrected chi connectivity index (χ3v) is 15.3. The SMILES string of the molecule is CCCCCCCCCC/C=C\CCCCCCCCCCCCCCCC(=O)NC(COP(=O)(O)OCC[N+](C)(C)C)C(O)/C=C/CC/C=C/CCCCCCCCCCCCCCCCCCCCC. The fraction of sp³-hybridized carbons (Fsp3) is 0.889. The van der Waals surface area contributed by atoms with Gasteiger partial charge in [0.15, 0.2) is 0 Å². The molecule has 0 aliphatic heterocycles. The van der Waals surface area contributed by atoms with E-state index in [1.165, 1.54) is 250 Å². The number of aliphatic hydroxyl groups excluding tert-OH is 1.